The molecular weight excluding hydrogens is 322 g/mol. The number of methoxy groups -OCH3 is 1. The Morgan fingerprint density at radius 1 is 0.962 bits per heavy atom. The fourth-order valence-corrected chi connectivity index (χ4v) is 2.82. The molecule has 0 saturated carbocycles. The van der Waals surface area contributed by atoms with E-state index in [9.17, 15) is 5.26 Å². The van der Waals surface area contributed by atoms with Gasteiger partial charge < -0.3 is 9.64 Å². The van der Waals surface area contributed by atoms with Crippen LogP contribution in [0.4, 0.5) is 5.69 Å². The average molecular weight is 343 g/mol. The molecule has 4 heteroatoms. The number of benzene rings is 2. The van der Waals surface area contributed by atoms with Crippen molar-refractivity contribution < 1.29 is 4.74 Å². The first-order valence-electron chi connectivity index (χ1n) is 8.37. The van der Waals surface area contributed by atoms with E-state index in [4.69, 9.17) is 4.74 Å². The van der Waals surface area contributed by atoms with Crippen molar-refractivity contribution in [2.75, 3.05) is 26.1 Å². The van der Waals surface area contributed by atoms with Gasteiger partial charge >= 0.3 is 0 Å². The second-order valence-corrected chi connectivity index (χ2v) is 6.36. The second-order valence-electron chi connectivity index (χ2n) is 6.36. The van der Waals surface area contributed by atoms with Crippen LogP contribution in [0.15, 0.2) is 54.6 Å². The Bertz CT molecular complexity index is 952. The number of anilines is 1. The van der Waals surface area contributed by atoms with Crippen molar-refractivity contribution in [3.63, 3.8) is 0 Å². The third-order valence-electron chi connectivity index (χ3n) is 4.33. The Morgan fingerprint density at radius 3 is 2.12 bits per heavy atom. The van der Waals surface area contributed by atoms with E-state index in [2.05, 4.69) is 11.1 Å². The third-order valence-corrected chi connectivity index (χ3v) is 4.33. The molecule has 0 unspecified atom stereocenters. The van der Waals surface area contributed by atoms with Gasteiger partial charge in [-0.05, 0) is 30.7 Å². The highest BCUT2D eigenvalue weighted by atomic mass is 16.5. The minimum atomic E-state index is 0.345. The van der Waals surface area contributed by atoms with Crippen LogP contribution < -0.4 is 9.64 Å². The number of ether oxygens (including phenoxy) is 1. The predicted octanol–water partition coefficient (Wildman–Crippen LogP) is 4.67. The SMILES string of the molecule is COc1nc(-c2ccc(C)cc2)cc(-c2ccc(N(C)C)cc2)c1C#N. The molecule has 0 aliphatic carbocycles. The summed E-state index contributed by atoms with van der Waals surface area (Å²) >= 11 is 0. The molecule has 0 aliphatic heterocycles. The summed E-state index contributed by atoms with van der Waals surface area (Å²) in [5, 5.41) is 9.65. The van der Waals surface area contributed by atoms with E-state index in [1.54, 1.807) is 7.11 Å². The van der Waals surface area contributed by atoms with Crippen LogP contribution in [0.3, 0.4) is 0 Å². The second kappa shape index (κ2) is 7.28. The molecule has 3 aromatic rings. The highest BCUT2D eigenvalue weighted by molar-refractivity contribution is 5.78. The predicted molar refractivity (Wildman–Crippen MR) is 105 cm³/mol. The average Bonchev–Trinajstić information content (AvgIpc) is 2.67. The van der Waals surface area contributed by atoms with Gasteiger partial charge in [-0.1, -0.05) is 42.0 Å². The molecule has 0 saturated heterocycles. The van der Waals surface area contributed by atoms with E-state index in [-0.39, 0.29) is 0 Å². The van der Waals surface area contributed by atoms with Gasteiger partial charge in [0.05, 0.1) is 12.8 Å². The maximum Gasteiger partial charge on any atom is 0.232 e. The van der Waals surface area contributed by atoms with Gasteiger partial charge in [0.25, 0.3) is 0 Å². The molecule has 0 aliphatic rings. The lowest BCUT2D eigenvalue weighted by Crippen LogP contribution is -2.08. The monoisotopic (exact) mass is 343 g/mol. The largest absolute Gasteiger partial charge is 0.480 e. The van der Waals surface area contributed by atoms with E-state index < -0.39 is 0 Å². The Hall–Kier alpha value is -3.32. The number of rotatable bonds is 4. The Labute approximate surface area is 154 Å². The molecule has 0 fully saturated rings. The molecule has 3 rings (SSSR count). The van der Waals surface area contributed by atoms with Crippen molar-refractivity contribution in [3.05, 3.63) is 65.7 Å². The van der Waals surface area contributed by atoms with Crippen molar-refractivity contribution in [1.29, 1.82) is 5.26 Å². The van der Waals surface area contributed by atoms with Gasteiger partial charge in [-0.2, -0.15) is 5.26 Å². The van der Waals surface area contributed by atoms with Crippen molar-refractivity contribution in [2.45, 2.75) is 6.92 Å². The summed E-state index contributed by atoms with van der Waals surface area (Å²) in [4.78, 5) is 6.58. The first-order valence-corrected chi connectivity index (χ1v) is 8.37. The van der Waals surface area contributed by atoms with Crippen LogP contribution in [0, 0.1) is 18.3 Å². The van der Waals surface area contributed by atoms with E-state index in [1.807, 2.05) is 80.5 Å². The summed E-state index contributed by atoms with van der Waals surface area (Å²) in [5.74, 6) is 0.345. The van der Waals surface area contributed by atoms with Gasteiger partial charge in [-0.3, -0.25) is 0 Å². The molecule has 0 bridgehead atoms. The zero-order valence-corrected chi connectivity index (χ0v) is 15.4. The highest BCUT2D eigenvalue weighted by Gasteiger charge is 2.16. The molecular formula is C22H21N3O. The molecule has 1 aromatic heterocycles. The molecule has 130 valence electrons. The number of hydrogen-bond donors (Lipinski definition) is 0. The van der Waals surface area contributed by atoms with Gasteiger partial charge in [-0.15, -0.1) is 0 Å². The molecule has 1 heterocycles. The fourth-order valence-electron chi connectivity index (χ4n) is 2.82. The lowest BCUT2D eigenvalue weighted by Gasteiger charge is -2.15. The molecule has 0 radical (unpaired) electrons. The highest BCUT2D eigenvalue weighted by Crippen LogP contribution is 2.34. The molecule has 0 N–H and O–H groups in total. The van der Waals surface area contributed by atoms with Gasteiger partial charge in [0, 0.05) is 30.9 Å². The molecule has 2 aromatic carbocycles. The van der Waals surface area contributed by atoms with Crippen LogP contribution in [0.2, 0.25) is 0 Å². The van der Waals surface area contributed by atoms with E-state index in [0.717, 1.165) is 28.1 Å². The van der Waals surface area contributed by atoms with Crippen LogP contribution in [0.5, 0.6) is 5.88 Å². The van der Waals surface area contributed by atoms with Gasteiger partial charge in [0.2, 0.25) is 5.88 Å². The Balaban J connectivity index is 2.17. The molecule has 4 nitrogen and oxygen atoms in total. The Morgan fingerprint density at radius 2 is 1.58 bits per heavy atom. The lowest BCUT2D eigenvalue weighted by atomic mass is 9.98. The van der Waals surface area contributed by atoms with Crippen molar-refractivity contribution in [1.82, 2.24) is 4.98 Å². The maximum absolute atomic E-state index is 9.65. The van der Waals surface area contributed by atoms with Crippen molar-refractivity contribution in [3.8, 4) is 34.3 Å². The van der Waals surface area contributed by atoms with Gasteiger partial charge in [-0.25, -0.2) is 4.98 Å². The summed E-state index contributed by atoms with van der Waals surface area (Å²) in [7, 11) is 5.54. The fraction of sp³-hybridized carbons (Fsp3) is 0.182. The standard InChI is InChI=1S/C22H21N3O/c1-15-5-7-17(8-6-15)21-13-19(20(14-23)22(24-21)26-4)16-9-11-18(12-10-16)25(2)3/h5-13H,1-4H3. The zero-order valence-electron chi connectivity index (χ0n) is 15.4. The summed E-state index contributed by atoms with van der Waals surface area (Å²) in [6.07, 6.45) is 0. The quantitative estimate of drug-likeness (QED) is 0.691. The molecule has 0 spiro atoms. The topological polar surface area (TPSA) is 49.1 Å². The number of nitriles is 1. The van der Waals surface area contributed by atoms with E-state index in [0.29, 0.717) is 11.4 Å². The first-order chi connectivity index (χ1) is 12.5. The van der Waals surface area contributed by atoms with Crippen LogP contribution in [-0.4, -0.2) is 26.2 Å². The number of nitrogens with zero attached hydrogens (tertiary/aromatic N) is 3. The molecule has 0 amide bonds. The summed E-state index contributed by atoms with van der Waals surface area (Å²) in [6, 6.07) is 20.5. The third kappa shape index (κ3) is 3.38. The van der Waals surface area contributed by atoms with Gasteiger partial charge in [0.1, 0.15) is 11.6 Å². The first kappa shape index (κ1) is 17.5. The molecule has 0 atom stereocenters. The minimum absolute atomic E-state index is 0.345. The lowest BCUT2D eigenvalue weighted by molar-refractivity contribution is 0.397. The van der Waals surface area contributed by atoms with Gasteiger partial charge in [0.15, 0.2) is 0 Å². The van der Waals surface area contributed by atoms with E-state index >= 15 is 0 Å². The van der Waals surface area contributed by atoms with Crippen LogP contribution >= 0.6 is 0 Å². The van der Waals surface area contributed by atoms with E-state index in [1.165, 1.54) is 5.56 Å². The number of pyridine rings is 1. The summed E-state index contributed by atoms with van der Waals surface area (Å²) < 4.78 is 5.40. The zero-order chi connectivity index (χ0) is 18.7. The number of aryl methyl sites for hydroxylation is 1. The van der Waals surface area contributed by atoms with Crippen LogP contribution in [0.1, 0.15) is 11.1 Å². The van der Waals surface area contributed by atoms with Crippen LogP contribution in [0.25, 0.3) is 22.4 Å². The number of aromatic nitrogens is 1. The summed E-state index contributed by atoms with van der Waals surface area (Å²) in [5.41, 5.74) is 6.29. The summed E-state index contributed by atoms with van der Waals surface area (Å²) in [6.45, 7) is 2.05. The maximum atomic E-state index is 9.65. The van der Waals surface area contributed by atoms with Crippen molar-refractivity contribution in [2.24, 2.45) is 0 Å². The smallest absolute Gasteiger partial charge is 0.232 e. The molecule has 26 heavy (non-hydrogen) atoms. The van der Waals surface area contributed by atoms with Crippen LogP contribution in [-0.2, 0) is 0 Å². The van der Waals surface area contributed by atoms with Crippen molar-refractivity contribution >= 4 is 5.69 Å². The minimum Gasteiger partial charge on any atom is -0.480 e. The normalized spacial score (nSPS) is 10.3. The Kier molecular flexibility index (Phi) is 4.90. The number of hydrogen-bond acceptors (Lipinski definition) is 4.